The van der Waals surface area contributed by atoms with Gasteiger partial charge in [0.2, 0.25) is 15.9 Å². The molecule has 2 N–H and O–H groups in total. The standard InChI is InChI=1S/C17H16Cl2N2O5S/c18-14-7-6-12(8-15(14)19)11-26-17(23)10-20-16(22)9-21-27(24,25)13-4-2-1-3-5-13/h1-8,21H,9-11H2,(H,20,22). The Kier molecular flexibility index (Phi) is 7.61. The number of carbonyl (C=O) groups excluding carboxylic acids is 2. The summed E-state index contributed by atoms with van der Waals surface area (Å²) in [6.07, 6.45) is 0. The Morgan fingerprint density at radius 1 is 0.963 bits per heavy atom. The van der Waals surface area contributed by atoms with Crippen molar-refractivity contribution in [1.82, 2.24) is 10.0 Å². The lowest BCUT2D eigenvalue weighted by molar-refractivity contribution is -0.145. The number of carbonyl (C=O) groups is 2. The number of hydrogen-bond donors (Lipinski definition) is 2. The number of hydrogen-bond acceptors (Lipinski definition) is 5. The third kappa shape index (κ3) is 6.84. The Balaban J connectivity index is 1.73. The van der Waals surface area contributed by atoms with Gasteiger partial charge in [-0.3, -0.25) is 9.59 Å². The molecule has 0 saturated heterocycles. The predicted octanol–water partition coefficient (Wildman–Crippen LogP) is 2.13. The van der Waals surface area contributed by atoms with Crippen LogP contribution in [0.1, 0.15) is 5.56 Å². The van der Waals surface area contributed by atoms with Gasteiger partial charge in [0, 0.05) is 0 Å². The first-order valence-electron chi connectivity index (χ1n) is 7.69. The van der Waals surface area contributed by atoms with Crippen LogP contribution in [0.15, 0.2) is 53.4 Å². The van der Waals surface area contributed by atoms with Crippen LogP contribution < -0.4 is 10.0 Å². The number of halogens is 2. The highest BCUT2D eigenvalue weighted by Gasteiger charge is 2.15. The number of ether oxygens (including phenoxy) is 1. The quantitative estimate of drug-likeness (QED) is 0.624. The topological polar surface area (TPSA) is 102 Å². The zero-order valence-electron chi connectivity index (χ0n) is 13.9. The van der Waals surface area contributed by atoms with Crippen molar-refractivity contribution < 1.29 is 22.7 Å². The fourth-order valence-electron chi connectivity index (χ4n) is 1.92. The second kappa shape index (κ2) is 9.70. The zero-order chi connectivity index (χ0) is 19.9. The van der Waals surface area contributed by atoms with E-state index >= 15 is 0 Å². The molecule has 0 aliphatic carbocycles. The Morgan fingerprint density at radius 3 is 2.33 bits per heavy atom. The molecule has 1 amide bonds. The lowest BCUT2D eigenvalue weighted by Crippen LogP contribution is -2.39. The number of esters is 1. The summed E-state index contributed by atoms with van der Waals surface area (Å²) in [5.41, 5.74) is 0.639. The van der Waals surface area contributed by atoms with Crippen LogP contribution >= 0.6 is 23.2 Å². The second-order valence-corrected chi connectivity index (χ2v) is 7.90. The Labute approximate surface area is 166 Å². The lowest BCUT2D eigenvalue weighted by atomic mass is 10.2. The minimum absolute atomic E-state index is 0.0355. The number of benzene rings is 2. The van der Waals surface area contributed by atoms with Gasteiger partial charge >= 0.3 is 5.97 Å². The molecule has 0 bridgehead atoms. The monoisotopic (exact) mass is 430 g/mol. The van der Waals surface area contributed by atoms with Crippen LogP contribution in [0.4, 0.5) is 0 Å². The van der Waals surface area contributed by atoms with E-state index in [-0.39, 0.29) is 11.5 Å². The molecule has 0 unspecified atom stereocenters. The third-order valence-corrected chi connectivity index (χ3v) is 5.45. The van der Waals surface area contributed by atoms with Crippen molar-refractivity contribution in [3.05, 3.63) is 64.1 Å². The van der Waals surface area contributed by atoms with Gasteiger partial charge in [-0.2, -0.15) is 0 Å². The summed E-state index contributed by atoms with van der Waals surface area (Å²) in [5, 5.41) is 3.00. The maximum atomic E-state index is 12.0. The summed E-state index contributed by atoms with van der Waals surface area (Å²) in [7, 11) is -3.80. The molecule has 27 heavy (non-hydrogen) atoms. The molecule has 2 rings (SSSR count). The fraction of sp³-hybridized carbons (Fsp3) is 0.176. The van der Waals surface area contributed by atoms with E-state index < -0.39 is 35.0 Å². The van der Waals surface area contributed by atoms with Gasteiger partial charge in [-0.1, -0.05) is 47.5 Å². The van der Waals surface area contributed by atoms with Gasteiger partial charge < -0.3 is 10.1 Å². The van der Waals surface area contributed by atoms with E-state index in [4.69, 9.17) is 27.9 Å². The molecule has 0 aromatic heterocycles. The molecule has 7 nitrogen and oxygen atoms in total. The van der Waals surface area contributed by atoms with Crippen LogP contribution in [-0.4, -0.2) is 33.4 Å². The highest BCUT2D eigenvalue weighted by molar-refractivity contribution is 7.89. The van der Waals surface area contributed by atoms with E-state index in [1.165, 1.54) is 12.1 Å². The van der Waals surface area contributed by atoms with Gasteiger partial charge in [0.15, 0.2) is 0 Å². The van der Waals surface area contributed by atoms with Crippen LogP contribution in [0.25, 0.3) is 0 Å². The molecule has 0 radical (unpaired) electrons. The van der Waals surface area contributed by atoms with Crippen molar-refractivity contribution in [2.24, 2.45) is 0 Å². The SMILES string of the molecule is O=C(CNS(=O)(=O)c1ccccc1)NCC(=O)OCc1ccc(Cl)c(Cl)c1. The van der Waals surface area contributed by atoms with Gasteiger partial charge in [-0.05, 0) is 29.8 Å². The molecule has 0 saturated carbocycles. The largest absolute Gasteiger partial charge is 0.460 e. The maximum absolute atomic E-state index is 12.0. The molecule has 0 atom stereocenters. The Morgan fingerprint density at radius 2 is 1.67 bits per heavy atom. The van der Waals surface area contributed by atoms with Crippen molar-refractivity contribution >= 4 is 45.1 Å². The predicted molar refractivity (Wildman–Crippen MR) is 101 cm³/mol. The van der Waals surface area contributed by atoms with Crippen molar-refractivity contribution in [2.45, 2.75) is 11.5 Å². The molecule has 10 heteroatoms. The van der Waals surface area contributed by atoms with E-state index in [9.17, 15) is 18.0 Å². The number of amides is 1. The summed E-state index contributed by atoms with van der Waals surface area (Å²) < 4.78 is 31.1. The zero-order valence-corrected chi connectivity index (χ0v) is 16.3. The van der Waals surface area contributed by atoms with Crippen molar-refractivity contribution in [3.8, 4) is 0 Å². The molecule has 0 fully saturated rings. The maximum Gasteiger partial charge on any atom is 0.325 e. The third-order valence-electron chi connectivity index (χ3n) is 3.29. The molecule has 0 spiro atoms. The average molecular weight is 431 g/mol. The minimum Gasteiger partial charge on any atom is -0.460 e. The molecule has 0 aliphatic rings. The second-order valence-electron chi connectivity index (χ2n) is 5.32. The van der Waals surface area contributed by atoms with E-state index in [2.05, 4.69) is 10.0 Å². The average Bonchev–Trinajstić information content (AvgIpc) is 2.66. The molecule has 0 heterocycles. The van der Waals surface area contributed by atoms with Crippen molar-refractivity contribution in [3.63, 3.8) is 0 Å². The summed E-state index contributed by atoms with van der Waals surface area (Å²) in [6.45, 7) is -0.934. The molecule has 2 aromatic carbocycles. The van der Waals surface area contributed by atoms with Gasteiger partial charge in [0.1, 0.15) is 13.2 Å². The molecule has 2 aromatic rings. The van der Waals surface area contributed by atoms with Crippen LogP contribution in [0, 0.1) is 0 Å². The van der Waals surface area contributed by atoms with E-state index in [1.54, 1.807) is 36.4 Å². The summed E-state index contributed by atoms with van der Waals surface area (Å²) in [5.74, 6) is -1.35. The van der Waals surface area contributed by atoms with Crippen LogP contribution in [0.3, 0.4) is 0 Å². The molecular formula is C17H16Cl2N2O5S. The lowest BCUT2D eigenvalue weighted by Gasteiger charge is -2.08. The first-order chi connectivity index (χ1) is 12.8. The van der Waals surface area contributed by atoms with Crippen molar-refractivity contribution in [1.29, 1.82) is 0 Å². The first kappa shape index (κ1) is 21.2. The van der Waals surface area contributed by atoms with Gasteiger partial charge in [0.25, 0.3) is 0 Å². The Bertz CT molecular complexity index is 920. The molecule has 144 valence electrons. The smallest absolute Gasteiger partial charge is 0.325 e. The fourth-order valence-corrected chi connectivity index (χ4v) is 3.24. The van der Waals surface area contributed by atoms with Crippen LogP contribution in [0.5, 0.6) is 0 Å². The van der Waals surface area contributed by atoms with Gasteiger partial charge in [-0.15, -0.1) is 0 Å². The number of nitrogens with one attached hydrogen (secondary N) is 2. The number of sulfonamides is 1. The van der Waals surface area contributed by atoms with E-state index in [1.807, 2.05) is 0 Å². The van der Waals surface area contributed by atoms with Gasteiger partial charge in [-0.25, -0.2) is 13.1 Å². The van der Waals surface area contributed by atoms with E-state index in [0.717, 1.165) is 0 Å². The van der Waals surface area contributed by atoms with E-state index in [0.29, 0.717) is 15.6 Å². The molecule has 0 aliphatic heterocycles. The summed E-state index contributed by atoms with van der Waals surface area (Å²) in [6, 6.07) is 12.4. The van der Waals surface area contributed by atoms with Crippen LogP contribution in [0.2, 0.25) is 10.0 Å². The Hall–Kier alpha value is -2.13. The van der Waals surface area contributed by atoms with Crippen molar-refractivity contribution in [2.75, 3.05) is 13.1 Å². The number of rotatable bonds is 8. The highest BCUT2D eigenvalue weighted by Crippen LogP contribution is 2.22. The normalized spacial score (nSPS) is 11.0. The summed E-state index contributed by atoms with van der Waals surface area (Å²) in [4.78, 5) is 23.4. The van der Waals surface area contributed by atoms with Gasteiger partial charge in [0.05, 0.1) is 21.5 Å². The molecular weight excluding hydrogens is 415 g/mol. The highest BCUT2D eigenvalue weighted by atomic mass is 35.5. The first-order valence-corrected chi connectivity index (χ1v) is 9.93. The summed E-state index contributed by atoms with van der Waals surface area (Å²) >= 11 is 11.7. The van der Waals surface area contributed by atoms with Crippen LogP contribution in [-0.2, 0) is 31.0 Å². The minimum atomic E-state index is -3.80.